The lowest BCUT2D eigenvalue weighted by Gasteiger charge is -2.14. The summed E-state index contributed by atoms with van der Waals surface area (Å²) in [6.07, 6.45) is 0. The van der Waals surface area contributed by atoms with Crippen LogP contribution in [0.15, 0.2) is 51.4 Å². The summed E-state index contributed by atoms with van der Waals surface area (Å²) in [5, 5.41) is 12.2. The van der Waals surface area contributed by atoms with Crippen molar-refractivity contribution in [2.75, 3.05) is 5.32 Å². The zero-order chi connectivity index (χ0) is 13.8. The monoisotopic (exact) mass is 382 g/mol. The van der Waals surface area contributed by atoms with Crippen LogP contribution in [0.3, 0.4) is 0 Å². The third-order valence-electron chi connectivity index (χ3n) is 2.55. The lowest BCUT2D eigenvalue weighted by Crippen LogP contribution is -2.10. The molecule has 0 fully saturated rings. The molecular weight excluding hydrogens is 375 g/mol. The van der Waals surface area contributed by atoms with Crippen molar-refractivity contribution >= 4 is 37.5 Å². The number of hydrogen-bond donors (Lipinski definition) is 1. The average molecular weight is 384 g/mol. The second kappa shape index (κ2) is 6.18. The van der Waals surface area contributed by atoms with Gasteiger partial charge in [0.2, 0.25) is 0 Å². The number of nitrogens with zero attached hydrogens (tertiary/aromatic N) is 1. The molecule has 0 aliphatic rings. The van der Waals surface area contributed by atoms with Crippen molar-refractivity contribution in [2.24, 2.45) is 0 Å². The van der Waals surface area contributed by atoms with Gasteiger partial charge in [0.25, 0.3) is 0 Å². The van der Waals surface area contributed by atoms with Crippen LogP contribution in [-0.4, -0.2) is 0 Å². The maximum absolute atomic E-state index is 13.8. The molecule has 0 aliphatic heterocycles. The maximum Gasteiger partial charge on any atom is 0.143 e. The predicted molar refractivity (Wildman–Crippen MR) is 80.2 cm³/mol. The van der Waals surface area contributed by atoms with Gasteiger partial charge in [0.15, 0.2) is 0 Å². The molecule has 1 unspecified atom stereocenters. The molecule has 2 rings (SSSR count). The van der Waals surface area contributed by atoms with Gasteiger partial charge >= 0.3 is 0 Å². The molecule has 5 heteroatoms. The van der Waals surface area contributed by atoms with E-state index < -0.39 is 11.9 Å². The van der Waals surface area contributed by atoms with Crippen molar-refractivity contribution in [1.29, 1.82) is 5.26 Å². The lowest BCUT2D eigenvalue weighted by atomic mass is 10.1. The number of halogens is 3. The van der Waals surface area contributed by atoms with Gasteiger partial charge in [-0.2, -0.15) is 5.26 Å². The highest BCUT2D eigenvalue weighted by molar-refractivity contribution is 9.10. The van der Waals surface area contributed by atoms with Crippen LogP contribution in [0.2, 0.25) is 0 Å². The molecule has 0 saturated carbocycles. The molecule has 0 aliphatic carbocycles. The molecular formula is C14H9Br2FN2. The van der Waals surface area contributed by atoms with E-state index in [-0.39, 0.29) is 0 Å². The smallest absolute Gasteiger partial charge is 0.143 e. The van der Waals surface area contributed by atoms with E-state index in [0.717, 1.165) is 14.6 Å². The van der Waals surface area contributed by atoms with Crippen LogP contribution in [0.5, 0.6) is 0 Å². The van der Waals surface area contributed by atoms with E-state index in [4.69, 9.17) is 0 Å². The Labute approximate surface area is 127 Å². The number of hydrogen-bond acceptors (Lipinski definition) is 2. The van der Waals surface area contributed by atoms with Crippen LogP contribution in [0.1, 0.15) is 11.6 Å². The minimum atomic E-state index is -0.737. The molecule has 0 saturated heterocycles. The summed E-state index contributed by atoms with van der Waals surface area (Å²) in [5.74, 6) is -0.403. The number of anilines is 1. The number of nitrogens with one attached hydrogen (secondary N) is 1. The van der Waals surface area contributed by atoms with Gasteiger partial charge in [0.1, 0.15) is 11.9 Å². The molecule has 0 bridgehead atoms. The summed E-state index contributed by atoms with van der Waals surface area (Å²) in [7, 11) is 0. The summed E-state index contributed by atoms with van der Waals surface area (Å²) >= 11 is 6.61. The Hall–Kier alpha value is -1.38. The molecule has 0 heterocycles. The summed E-state index contributed by atoms with van der Waals surface area (Å²) in [6.45, 7) is 0. The van der Waals surface area contributed by atoms with Crippen molar-refractivity contribution in [3.63, 3.8) is 0 Å². The van der Waals surface area contributed by atoms with Gasteiger partial charge in [0, 0.05) is 20.2 Å². The molecule has 96 valence electrons. The first kappa shape index (κ1) is 14.0. The minimum Gasteiger partial charge on any atom is -0.366 e. The van der Waals surface area contributed by atoms with Gasteiger partial charge in [-0.3, -0.25) is 0 Å². The predicted octanol–water partition coefficient (Wildman–Crippen LogP) is 5.03. The normalized spacial score (nSPS) is 11.7. The summed E-state index contributed by atoms with van der Waals surface area (Å²) in [4.78, 5) is 0. The minimum absolute atomic E-state index is 0.319. The summed E-state index contributed by atoms with van der Waals surface area (Å²) < 4.78 is 15.4. The van der Waals surface area contributed by atoms with Crippen molar-refractivity contribution in [3.05, 3.63) is 62.8 Å². The van der Waals surface area contributed by atoms with E-state index in [2.05, 4.69) is 43.2 Å². The van der Waals surface area contributed by atoms with Crippen molar-refractivity contribution < 1.29 is 4.39 Å². The van der Waals surface area contributed by atoms with Crippen LogP contribution < -0.4 is 5.32 Å². The first-order chi connectivity index (χ1) is 9.10. The number of rotatable bonds is 3. The van der Waals surface area contributed by atoms with Crippen molar-refractivity contribution in [1.82, 2.24) is 0 Å². The van der Waals surface area contributed by atoms with Gasteiger partial charge < -0.3 is 5.32 Å². The zero-order valence-electron chi connectivity index (χ0n) is 9.70. The first-order valence-electron chi connectivity index (χ1n) is 5.47. The van der Waals surface area contributed by atoms with E-state index in [1.54, 1.807) is 12.1 Å². The van der Waals surface area contributed by atoms with Crippen molar-refractivity contribution in [3.8, 4) is 6.07 Å². The topological polar surface area (TPSA) is 35.8 Å². The summed E-state index contributed by atoms with van der Waals surface area (Å²) in [5.41, 5.74) is 1.08. The Balaban J connectivity index is 2.28. The second-order valence-corrected chi connectivity index (χ2v) is 5.71. The maximum atomic E-state index is 13.8. The SMILES string of the molecule is N#CC(Nc1ccc(Br)cc1)c1cc(Br)ccc1F. The Kier molecular flexibility index (Phi) is 4.56. The van der Waals surface area contributed by atoms with E-state index in [9.17, 15) is 9.65 Å². The highest BCUT2D eigenvalue weighted by Crippen LogP contribution is 2.25. The second-order valence-electron chi connectivity index (χ2n) is 3.88. The molecule has 1 N–H and O–H groups in total. The quantitative estimate of drug-likeness (QED) is 0.806. The molecule has 0 amide bonds. The van der Waals surface area contributed by atoms with Gasteiger partial charge in [0.05, 0.1) is 6.07 Å². The van der Waals surface area contributed by atoms with Crippen LogP contribution >= 0.6 is 31.9 Å². The average Bonchev–Trinajstić information content (AvgIpc) is 2.41. The fourth-order valence-corrected chi connectivity index (χ4v) is 2.27. The zero-order valence-corrected chi connectivity index (χ0v) is 12.9. The Morgan fingerprint density at radius 3 is 2.32 bits per heavy atom. The molecule has 0 aromatic heterocycles. The van der Waals surface area contributed by atoms with E-state index in [1.807, 2.05) is 24.3 Å². The van der Waals surface area contributed by atoms with Gasteiger partial charge in [-0.25, -0.2) is 4.39 Å². The van der Waals surface area contributed by atoms with Gasteiger partial charge in [-0.15, -0.1) is 0 Å². The fraction of sp³-hybridized carbons (Fsp3) is 0.0714. The van der Waals surface area contributed by atoms with E-state index in [1.165, 1.54) is 6.07 Å². The standard InChI is InChI=1S/C14H9Br2FN2/c15-9-1-4-11(5-2-9)19-14(8-18)12-7-10(16)3-6-13(12)17/h1-7,14,19H. The van der Waals surface area contributed by atoms with Gasteiger partial charge in [-0.1, -0.05) is 31.9 Å². The Morgan fingerprint density at radius 2 is 1.68 bits per heavy atom. The first-order valence-corrected chi connectivity index (χ1v) is 7.05. The Bertz CT molecular complexity index is 620. The molecule has 2 aromatic rings. The van der Waals surface area contributed by atoms with Crippen LogP contribution in [0, 0.1) is 17.1 Å². The van der Waals surface area contributed by atoms with Crippen LogP contribution in [-0.2, 0) is 0 Å². The van der Waals surface area contributed by atoms with Gasteiger partial charge in [-0.05, 0) is 42.5 Å². The van der Waals surface area contributed by atoms with Crippen LogP contribution in [0.4, 0.5) is 10.1 Å². The highest BCUT2D eigenvalue weighted by Gasteiger charge is 2.15. The molecule has 2 nitrogen and oxygen atoms in total. The summed E-state index contributed by atoms with van der Waals surface area (Å²) in [6, 6.07) is 13.2. The lowest BCUT2D eigenvalue weighted by molar-refractivity contribution is 0.607. The molecule has 0 radical (unpaired) electrons. The Morgan fingerprint density at radius 1 is 1.05 bits per heavy atom. The van der Waals surface area contributed by atoms with E-state index >= 15 is 0 Å². The number of benzene rings is 2. The fourth-order valence-electron chi connectivity index (χ4n) is 1.63. The van der Waals surface area contributed by atoms with E-state index in [0.29, 0.717) is 5.56 Å². The third-order valence-corrected chi connectivity index (χ3v) is 3.58. The van der Waals surface area contributed by atoms with Crippen molar-refractivity contribution in [2.45, 2.75) is 6.04 Å². The third kappa shape index (κ3) is 3.55. The molecule has 2 aromatic carbocycles. The molecule has 0 spiro atoms. The van der Waals surface area contributed by atoms with Crippen LogP contribution in [0.25, 0.3) is 0 Å². The number of nitriles is 1. The highest BCUT2D eigenvalue weighted by atomic mass is 79.9. The largest absolute Gasteiger partial charge is 0.366 e. The molecule has 19 heavy (non-hydrogen) atoms. The molecule has 1 atom stereocenters.